The van der Waals surface area contributed by atoms with Gasteiger partial charge in [-0.3, -0.25) is 4.79 Å². The molecule has 0 aliphatic carbocycles. The summed E-state index contributed by atoms with van der Waals surface area (Å²) >= 11 is 12.0. The Kier molecular flexibility index (Phi) is 7.76. The number of hydrogen-bond donors (Lipinski definition) is 1. The topological polar surface area (TPSA) is 66.5 Å². The lowest BCUT2D eigenvalue weighted by Gasteiger charge is -2.31. The summed E-state index contributed by atoms with van der Waals surface area (Å²) < 4.78 is 26.8. The Hall–Kier alpha value is -0.820. The average molecular weight is 421 g/mol. The number of amides is 1. The molecule has 1 N–H and O–H groups in total. The lowest BCUT2D eigenvalue weighted by atomic mass is 9.96. The molecule has 0 bridgehead atoms. The molecule has 0 aromatic heterocycles. The van der Waals surface area contributed by atoms with Crippen LogP contribution in [-0.2, 0) is 20.6 Å². The van der Waals surface area contributed by atoms with E-state index in [2.05, 4.69) is 5.32 Å². The maximum Gasteiger partial charge on any atom is 0.223 e. The summed E-state index contributed by atoms with van der Waals surface area (Å²) in [5.41, 5.74) is 0.532. The monoisotopic (exact) mass is 420 g/mol. The minimum atomic E-state index is -3.48. The van der Waals surface area contributed by atoms with Crippen LogP contribution in [0.4, 0.5) is 0 Å². The zero-order valence-corrected chi connectivity index (χ0v) is 17.5. The maximum atomic E-state index is 12.7. The second-order valence-corrected chi connectivity index (χ2v) is 9.50. The first kappa shape index (κ1) is 21.5. The van der Waals surface area contributed by atoms with Gasteiger partial charge in [-0.1, -0.05) is 43.1 Å². The normalized spacial score (nSPS) is 16.8. The third-order valence-corrected chi connectivity index (χ3v) is 7.32. The Morgan fingerprint density at radius 1 is 1.23 bits per heavy atom. The number of nitrogens with zero attached hydrogens (tertiary/aromatic N) is 1. The van der Waals surface area contributed by atoms with Gasteiger partial charge in [-0.05, 0) is 43.4 Å². The number of benzene rings is 1. The highest BCUT2D eigenvalue weighted by molar-refractivity contribution is 7.88. The van der Waals surface area contributed by atoms with Crippen LogP contribution < -0.4 is 5.32 Å². The first-order valence-electron chi connectivity index (χ1n) is 8.99. The predicted octanol–water partition coefficient (Wildman–Crippen LogP) is 3.84. The molecule has 1 aromatic rings. The standard InChI is InChI=1S/C18H26Cl2N2O3S/c1-3-16(4-2)21-18(23)13-7-9-22(10-8-13)26(24,25)12-14-5-6-15(19)11-17(14)20/h5-6,11,13,16H,3-4,7-10,12H2,1-2H3,(H,21,23). The molecular weight excluding hydrogens is 395 g/mol. The van der Waals surface area contributed by atoms with Gasteiger partial charge >= 0.3 is 0 Å². The molecule has 0 saturated carbocycles. The van der Waals surface area contributed by atoms with Crippen molar-refractivity contribution >= 4 is 39.1 Å². The minimum absolute atomic E-state index is 0.0384. The summed E-state index contributed by atoms with van der Waals surface area (Å²) in [4.78, 5) is 12.3. The van der Waals surface area contributed by atoms with Crippen LogP contribution in [0.2, 0.25) is 10.0 Å². The van der Waals surface area contributed by atoms with E-state index in [1.807, 2.05) is 13.8 Å². The quantitative estimate of drug-likeness (QED) is 0.728. The molecule has 1 heterocycles. The molecular formula is C18H26Cl2N2O3S. The molecule has 1 fully saturated rings. The van der Waals surface area contributed by atoms with Gasteiger partial charge in [0, 0.05) is 35.1 Å². The van der Waals surface area contributed by atoms with Gasteiger partial charge in [-0.2, -0.15) is 0 Å². The van der Waals surface area contributed by atoms with Crippen molar-refractivity contribution in [2.24, 2.45) is 5.92 Å². The third-order valence-electron chi connectivity index (χ3n) is 4.90. The maximum absolute atomic E-state index is 12.7. The van der Waals surface area contributed by atoms with Crippen molar-refractivity contribution < 1.29 is 13.2 Å². The van der Waals surface area contributed by atoms with Gasteiger partial charge in [0.15, 0.2) is 0 Å². The number of rotatable bonds is 7. The van der Waals surface area contributed by atoms with E-state index < -0.39 is 10.0 Å². The Labute approximate surface area is 166 Å². The fourth-order valence-corrected chi connectivity index (χ4v) is 5.28. The van der Waals surface area contributed by atoms with E-state index >= 15 is 0 Å². The summed E-state index contributed by atoms with van der Waals surface area (Å²) in [5, 5.41) is 3.88. The highest BCUT2D eigenvalue weighted by Gasteiger charge is 2.31. The van der Waals surface area contributed by atoms with Crippen LogP contribution in [0.5, 0.6) is 0 Å². The van der Waals surface area contributed by atoms with Gasteiger partial charge in [0.1, 0.15) is 0 Å². The Morgan fingerprint density at radius 2 is 1.85 bits per heavy atom. The van der Waals surface area contributed by atoms with Gasteiger partial charge < -0.3 is 5.32 Å². The minimum Gasteiger partial charge on any atom is -0.353 e. The first-order valence-corrected chi connectivity index (χ1v) is 11.4. The summed E-state index contributed by atoms with van der Waals surface area (Å²) in [7, 11) is -3.48. The lowest BCUT2D eigenvalue weighted by Crippen LogP contribution is -2.45. The molecule has 1 aliphatic rings. The van der Waals surface area contributed by atoms with E-state index in [-0.39, 0.29) is 23.6 Å². The van der Waals surface area contributed by atoms with Crippen molar-refractivity contribution in [3.8, 4) is 0 Å². The SMILES string of the molecule is CCC(CC)NC(=O)C1CCN(S(=O)(=O)Cc2ccc(Cl)cc2Cl)CC1. The van der Waals surface area contributed by atoms with E-state index in [0.29, 0.717) is 41.5 Å². The Bertz CT molecular complexity index is 728. The van der Waals surface area contributed by atoms with Crippen LogP contribution in [0, 0.1) is 5.92 Å². The molecule has 146 valence electrons. The highest BCUT2D eigenvalue weighted by atomic mass is 35.5. The molecule has 2 rings (SSSR count). The summed E-state index contributed by atoms with van der Waals surface area (Å²) in [6.07, 6.45) is 2.88. The Balaban J connectivity index is 1.94. The summed E-state index contributed by atoms with van der Waals surface area (Å²) in [6, 6.07) is 5.00. The zero-order valence-electron chi connectivity index (χ0n) is 15.2. The van der Waals surface area contributed by atoms with Crippen LogP contribution >= 0.6 is 23.2 Å². The van der Waals surface area contributed by atoms with Crippen molar-refractivity contribution in [2.45, 2.75) is 51.3 Å². The Morgan fingerprint density at radius 3 is 2.38 bits per heavy atom. The van der Waals surface area contributed by atoms with Crippen molar-refractivity contribution in [1.29, 1.82) is 0 Å². The molecule has 1 saturated heterocycles. The van der Waals surface area contributed by atoms with Crippen LogP contribution in [0.1, 0.15) is 45.1 Å². The number of sulfonamides is 1. The molecule has 5 nitrogen and oxygen atoms in total. The number of carbonyl (C=O) groups excluding carboxylic acids is 1. The van der Waals surface area contributed by atoms with Gasteiger partial charge in [-0.25, -0.2) is 12.7 Å². The van der Waals surface area contributed by atoms with Crippen LogP contribution in [0.3, 0.4) is 0 Å². The fourth-order valence-electron chi connectivity index (χ4n) is 3.13. The highest BCUT2D eigenvalue weighted by Crippen LogP contribution is 2.26. The van der Waals surface area contributed by atoms with Gasteiger partial charge in [-0.15, -0.1) is 0 Å². The molecule has 0 radical (unpaired) electrons. The number of piperidine rings is 1. The van der Waals surface area contributed by atoms with E-state index in [1.165, 1.54) is 4.31 Å². The molecule has 1 aromatic carbocycles. The van der Waals surface area contributed by atoms with Gasteiger partial charge in [0.2, 0.25) is 15.9 Å². The fraction of sp³-hybridized carbons (Fsp3) is 0.611. The number of carbonyl (C=O) groups is 1. The van der Waals surface area contributed by atoms with Crippen LogP contribution in [0.25, 0.3) is 0 Å². The van der Waals surface area contributed by atoms with Gasteiger partial charge in [0.05, 0.1) is 5.75 Å². The van der Waals surface area contributed by atoms with Crippen molar-refractivity contribution in [3.63, 3.8) is 0 Å². The molecule has 26 heavy (non-hydrogen) atoms. The molecule has 1 amide bonds. The van der Waals surface area contributed by atoms with Crippen molar-refractivity contribution in [2.75, 3.05) is 13.1 Å². The second-order valence-electron chi connectivity index (χ2n) is 6.69. The number of nitrogens with one attached hydrogen (secondary N) is 1. The van der Waals surface area contributed by atoms with Crippen molar-refractivity contribution in [3.05, 3.63) is 33.8 Å². The van der Waals surface area contributed by atoms with E-state index in [9.17, 15) is 13.2 Å². The predicted molar refractivity (Wildman–Crippen MR) is 106 cm³/mol. The molecule has 0 atom stereocenters. The molecule has 0 spiro atoms. The molecule has 1 aliphatic heterocycles. The van der Waals surface area contributed by atoms with Crippen LogP contribution in [0.15, 0.2) is 18.2 Å². The smallest absolute Gasteiger partial charge is 0.223 e. The van der Waals surface area contributed by atoms with Crippen molar-refractivity contribution in [1.82, 2.24) is 9.62 Å². The van der Waals surface area contributed by atoms with E-state index in [4.69, 9.17) is 23.2 Å². The third kappa shape index (κ3) is 5.59. The summed E-state index contributed by atoms with van der Waals surface area (Å²) in [5.74, 6) is -0.245. The van der Waals surface area contributed by atoms with E-state index in [1.54, 1.807) is 18.2 Å². The largest absolute Gasteiger partial charge is 0.353 e. The zero-order chi connectivity index (χ0) is 19.3. The lowest BCUT2D eigenvalue weighted by molar-refractivity contribution is -0.126. The second kappa shape index (κ2) is 9.40. The number of hydrogen-bond acceptors (Lipinski definition) is 3. The molecule has 8 heteroatoms. The van der Waals surface area contributed by atoms with Gasteiger partial charge in [0.25, 0.3) is 0 Å². The number of halogens is 2. The average Bonchev–Trinajstić information content (AvgIpc) is 2.62. The van der Waals surface area contributed by atoms with Crippen LogP contribution in [-0.4, -0.2) is 37.8 Å². The van der Waals surface area contributed by atoms with E-state index in [0.717, 1.165) is 12.8 Å². The summed E-state index contributed by atoms with van der Waals surface area (Å²) in [6.45, 7) is 4.81. The molecule has 0 unspecified atom stereocenters. The first-order chi connectivity index (χ1) is 12.3.